The molecule has 0 atom stereocenters. The predicted molar refractivity (Wildman–Crippen MR) is 31.6 cm³/mol. The fraction of sp³-hybridized carbons (Fsp3) is 0.333. The molecule has 6 heavy (non-hydrogen) atoms. The van der Waals surface area contributed by atoms with E-state index < -0.39 is 0 Å². The summed E-state index contributed by atoms with van der Waals surface area (Å²) in [4.78, 5) is 0. The average Bonchev–Trinajstić information content (AvgIpc) is 1.38. The van der Waals surface area contributed by atoms with Gasteiger partial charge in [-0.25, -0.2) is 0 Å². The summed E-state index contributed by atoms with van der Waals surface area (Å²) < 4.78 is 4.69. The van der Waals surface area contributed by atoms with Gasteiger partial charge in [-0.05, 0) is 6.92 Å². The van der Waals surface area contributed by atoms with Gasteiger partial charge in [0.2, 0.25) is 10.5 Å². The summed E-state index contributed by atoms with van der Waals surface area (Å²) in [6.45, 7) is 5.33. The van der Waals surface area contributed by atoms with Crippen LogP contribution in [0.5, 0.6) is 0 Å². The molecule has 0 aliphatic carbocycles. The Labute approximate surface area is 46.0 Å². The number of hydrogen-bond acceptors (Lipinski definition) is 1. The summed E-state index contributed by atoms with van der Waals surface area (Å²) in [6.07, 6.45) is 0. The summed E-state index contributed by atoms with van der Waals surface area (Å²) >= 11 is 0. The maximum absolute atomic E-state index is 4.69. The minimum absolute atomic E-state index is 0. The summed E-state index contributed by atoms with van der Waals surface area (Å²) in [6, 6.07) is 0. The van der Waals surface area contributed by atoms with Gasteiger partial charge in [-0.2, -0.15) is 0 Å². The Bertz CT molecular complexity index is 44.1. The summed E-state index contributed by atoms with van der Waals surface area (Å²) in [5, 5.41) is 0. The zero-order chi connectivity index (χ0) is 4.28. The maximum atomic E-state index is 4.69. The molecule has 0 aromatic heterocycles. The van der Waals surface area contributed by atoms with Crippen molar-refractivity contribution < 1.29 is 4.43 Å². The standard InChI is InChI=1S/C3H8OSi.Si/c1-3(2)4-5;/h1H2,2,5H3;. The molecule has 3 heteroatoms. The Morgan fingerprint density at radius 3 is 2.00 bits per heavy atom. The zero-order valence-corrected chi connectivity index (χ0v) is 7.12. The van der Waals surface area contributed by atoms with Crippen molar-refractivity contribution in [3.63, 3.8) is 0 Å². The number of allylic oxidation sites excluding steroid dienone is 1. The molecule has 0 aromatic carbocycles. The molecule has 0 aliphatic rings. The molecule has 0 fully saturated rings. The first-order valence-electron chi connectivity index (χ1n) is 1.47. The van der Waals surface area contributed by atoms with Crippen LogP contribution in [-0.4, -0.2) is 21.5 Å². The zero-order valence-electron chi connectivity index (χ0n) is 4.12. The lowest BCUT2D eigenvalue weighted by molar-refractivity contribution is 0.476. The summed E-state index contributed by atoms with van der Waals surface area (Å²) in [5.74, 6) is 0.816. The first-order chi connectivity index (χ1) is 2.27. The van der Waals surface area contributed by atoms with E-state index in [9.17, 15) is 0 Å². The average molecular weight is 116 g/mol. The van der Waals surface area contributed by atoms with Gasteiger partial charge in [0.25, 0.3) is 0 Å². The Kier molecular flexibility index (Phi) is 7.76. The molecule has 0 heterocycles. The molecular formula is C3H8OSi2. The van der Waals surface area contributed by atoms with E-state index in [0.717, 1.165) is 16.2 Å². The third-order valence-corrected chi connectivity index (χ3v) is 1.05. The quantitative estimate of drug-likeness (QED) is 0.329. The molecule has 0 saturated heterocycles. The first kappa shape index (κ1) is 9.36. The van der Waals surface area contributed by atoms with Gasteiger partial charge in [-0.1, -0.05) is 6.58 Å². The van der Waals surface area contributed by atoms with Crippen molar-refractivity contribution >= 4 is 21.5 Å². The van der Waals surface area contributed by atoms with Gasteiger partial charge >= 0.3 is 0 Å². The number of rotatable bonds is 1. The van der Waals surface area contributed by atoms with Gasteiger partial charge in [0.05, 0.1) is 5.76 Å². The molecule has 0 aliphatic heterocycles. The molecule has 0 N–H and O–H groups in total. The van der Waals surface area contributed by atoms with E-state index >= 15 is 0 Å². The summed E-state index contributed by atoms with van der Waals surface area (Å²) in [5.41, 5.74) is 0. The second-order valence-corrected chi connectivity index (χ2v) is 1.31. The van der Waals surface area contributed by atoms with Gasteiger partial charge in [0.1, 0.15) is 0 Å². The van der Waals surface area contributed by atoms with Crippen LogP contribution in [0.4, 0.5) is 0 Å². The van der Waals surface area contributed by atoms with E-state index in [1.807, 2.05) is 6.92 Å². The van der Waals surface area contributed by atoms with Crippen molar-refractivity contribution in [3.8, 4) is 0 Å². The second kappa shape index (κ2) is 4.97. The lowest BCUT2D eigenvalue weighted by Crippen LogP contribution is -1.73. The van der Waals surface area contributed by atoms with E-state index in [2.05, 4.69) is 6.58 Å². The molecule has 0 aromatic rings. The van der Waals surface area contributed by atoms with Crippen molar-refractivity contribution in [2.45, 2.75) is 6.92 Å². The highest BCUT2D eigenvalue weighted by Crippen LogP contribution is 1.79. The minimum Gasteiger partial charge on any atom is -0.557 e. The number of hydrogen-bond donors (Lipinski definition) is 0. The normalized spacial score (nSPS) is 6.17. The minimum atomic E-state index is 0. The molecule has 0 bridgehead atoms. The van der Waals surface area contributed by atoms with Crippen molar-refractivity contribution in [2.24, 2.45) is 0 Å². The lowest BCUT2D eigenvalue weighted by atomic mass is 10.7. The fourth-order valence-electron chi connectivity index (χ4n) is 0. The third kappa shape index (κ3) is 9.02. The molecule has 34 valence electrons. The molecule has 4 radical (unpaired) electrons. The van der Waals surface area contributed by atoms with Gasteiger partial charge in [0.15, 0.2) is 0 Å². The monoisotopic (exact) mass is 116 g/mol. The highest BCUT2D eigenvalue weighted by atomic mass is 28.2. The molecule has 0 amide bonds. The smallest absolute Gasteiger partial charge is 0.203 e. The molecule has 1 nitrogen and oxygen atoms in total. The highest BCUT2D eigenvalue weighted by molar-refractivity contribution is 5.98. The Hall–Kier alpha value is -0.0262. The molecule has 0 rings (SSSR count). The van der Waals surface area contributed by atoms with E-state index in [0.29, 0.717) is 0 Å². The van der Waals surface area contributed by atoms with E-state index in [4.69, 9.17) is 4.43 Å². The Balaban J connectivity index is 0. The van der Waals surface area contributed by atoms with Crippen LogP contribution in [-0.2, 0) is 4.43 Å². The van der Waals surface area contributed by atoms with Crippen LogP contribution < -0.4 is 0 Å². The van der Waals surface area contributed by atoms with E-state index in [1.165, 1.54) is 0 Å². The maximum Gasteiger partial charge on any atom is 0.203 e. The second-order valence-electron chi connectivity index (χ2n) is 0.906. The van der Waals surface area contributed by atoms with Gasteiger partial charge in [-0.15, -0.1) is 0 Å². The van der Waals surface area contributed by atoms with Crippen LogP contribution in [0.1, 0.15) is 6.92 Å². The van der Waals surface area contributed by atoms with Crippen molar-refractivity contribution in [1.82, 2.24) is 0 Å². The largest absolute Gasteiger partial charge is 0.557 e. The molecular weight excluding hydrogens is 108 g/mol. The van der Waals surface area contributed by atoms with Crippen molar-refractivity contribution in [2.75, 3.05) is 0 Å². The van der Waals surface area contributed by atoms with Gasteiger partial charge < -0.3 is 4.43 Å². The van der Waals surface area contributed by atoms with E-state index in [1.54, 1.807) is 0 Å². The van der Waals surface area contributed by atoms with Gasteiger partial charge in [-0.3, -0.25) is 0 Å². The lowest BCUT2D eigenvalue weighted by Gasteiger charge is -1.89. The van der Waals surface area contributed by atoms with Crippen molar-refractivity contribution in [3.05, 3.63) is 12.3 Å². The Morgan fingerprint density at radius 1 is 1.83 bits per heavy atom. The molecule has 0 spiro atoms. The Morgan fingerprint density at radius 2 is 2.00 bits per heavy atom. The SMILES string of the molecule is C=C(C)O[SiH3].[Si]. The van der Waals surface area contributed by atoms with Crippen LogP contribution in [0.3, 0.4) is 0 Å². The van der Waals surface area contributed by atoms with Gasteiger partial charge in [0, 0.05) is 11.0 Å². The molecule has 0 saturated carbocycles. The summed E-state index contributed by atoms with van der Waals surface area (Å²) in [7, 11) is 0.774. The third-order valence-electron chi connectivity index (χ3n) is 0.348. The fourth-order valence-corrected chi connectivity index (χ4v) is 0. The van der Waals surface area contributed by atoms with Crippen LogP contribution in [0.25, 0.3) is 0 Å². The topological polar surface area (TPSA) is 9.23 Å². The van der Waals surface area contributed by atoms with Crippen LogP contribution in [0.15, 0.2) is 12.3 Å². The predicted octanol–water partition coefficient (Wildman–Crippen LogP) is -0.564. The van der Waals surface area contributed by atoms with Crippen molar-refractivity contribution in [1.29, 1.82) is 0 Å². The first-order valence-corrected chi connectivity index (χ1v) is 2.28. The van der Waals surface area contributed by atoms with Crippen LogP contribution >= 0.6 is 0 Å². The van der Waals surface area contributed by atoms with Crippen LogP contribution in [0, 0.1) is 0 Å². The molecule has 0 unspecified atom stereocenters. The van der Waals surface area contributed by atoms with Crippen LogP contribution in [0.2, 0.25) is 0 Å². The highest BCUT2D eigenvalue weighted by Gasteiger charge is 1.64. The van der Waals surface area contributed by atoms with E-state index in [-0.39, 0.29) is 11.0 Å².